The van der Waals surface area contributed by atoms with E-state index in [-0.39, 0.29) is 12.6 Å². The van der Waals surface area contributed by atoms with Crippen LogP contribution in [0.5, 0.6) is 17.2 Å². The van der Waals surface area contributed by atoms with Gasteiger partial charge >= 0.3 is 0 Å². The van der Waals surface area contributed by atoms with E-state index in [0.29, 0.717) is 23.5 Å². The van der Waals surface area contributed by atoms with Gasteiger partial charge in [-0.1, -0.05) is 12.1 Å². The fourth-order valence-electron chi connectivity index (χ4n) is 2.10. The van der Waals surface area contributed by atoms with Gasteiger partial charge in [0.2, 0.25) is 6.79 Å². The van der Waals surface area contributed by atoms with Gasteiger partial charge in [0.1, 0.15) is 5.75 Å². The molecule has 0 saturated carbocycles. The number of fused-ring (bicyclic) bond motifs is 1. The van der Waals surface area contributed by atoms with Crippen molar-refractivity contribution in [1.82, 2.24) is 0 Å². The number of ketones is 1. The third kappa shape index (κ3) is 2.45. The van der Waals surface area contributed by atoms with E-state index in [1.165, 1.54) is 0 Å². The Bertz CT molecular complexity index is 631. The first-order valence-corrected chi connectivity index (χ1v) is 6.32. The van der Waals surface area contributed by atoms with Gasteiger partial charge in [0.15, 0.2) is 17.3 Å². The first-order chi connectivity index (χ1) is 9.76. The Morgan fingerprint density at radius 1 is 1.10 bits per heavy atom. The van der Waals surface area contributed by atoms with Gasteiger partial charge in [-0.25, -0.2) is 0 Å². The lowest BCUT2D eigenvalue weighted by atomic mass is 10.0. The third-order valence-corrected chi connectivity index (χ3v) is 3.22. The Kier molecular flexibility index (Phi) is 3.29. The highest BCUT2D eigenvalue weighted by molar-refractivity contribution is 5.98. The van der Waals surface area contributed by atoms with Crippen LogP contribution >= 0.6 is 0 Å². The van der Waals surface area contributed by atoms with E-state index in [4.69, 9.17) is 14.2 Å². The zero-order valence-electron chi connectivity index (χ0n) is 11.1. The first-order valence-electron chi connectivity index (χ1n) is 6.32. The minimum Gasteiger partial charge on any atom is -0.497 e. The van der Waals surface area contributed by atoms with E-state index >= 15 is 0 Å². The van der Waals surface area contributed by atoms with Crippen LogP contribution in [-0.4, -0.2) is 19.7 Å². The average Bonchev–Trinajstić information content (AvgIpc) is 2.95. The van der Waals surface area contributed by atoms with Crippen LogP contribution in [0.2, 0.25) is 0 Å². The number of benzene rings is 2. The molecule has 0 spiro atoms. The zero-order valence-corrected chi connectivity index (χ0v) is 11.1. The van der Waals surface area contributed by atoms with Crippen molar-refractivity contribution in [2.75, 3.05) is 13.9 Å². The molecule has 0 unspecified atom stereocenters. The number of Topliss-reactive ketones (excluding diaryl/α,β-unsaturated/α-hetero) is 1. The van der Waals surface area contributed by atoms with Crippen molar-refractivity contribution in [2.45, 2.75) is 6.42 Å². The largest absolute Gasteiger partial charge is 0.497 e. The van der Waals surface area contributed by atoms with Crippen molar-refractivity contribution in [3.8, 4) is 17.2 Å². The van der Waals surface area contributed by atoms with E-state index in [0.717, 1.165) is 11.3 Å². The van der Waals surface area contributed by atoms with Crippen molar-refractivity contribution >= 4 is 5.78 Å². The van der Waals surface area contributed by atoms with Crippen LogP contribution in [0.3, 0.4) is 0 Å². The van der Waals surface area contributed by atoms with Crippen LogP contribution in [0.15, 0.2) is 42.5 Å². The monoisotopic (exact) mass is 270 g/mol. The molecule has 102 valence electrons. The van der Waals surface area contributed by atoms with Crippen LogP contribution in [0.4, 0.5) is 0 Å². The smallest absolute Gasteiger partial charge is 0.231 e. The molecule has 1 aliphatic heterocycles. The predicted octanol–water partition coefficient (Wildman–Crippen LogP) is 2.85. The lowest BCUT2D eigenvalue weighted by Gasteiger charge is -2.04. The molecule has 0 aromatic heterocycles. The number of carbonyl (C=O) groups is 1. The Morgan fingerprint density at radius 2 is 1.85 bits per heavy atom. The molecule has 0 amide bonds. The Morgan fingerprint density at radius 3 is 2.60 bits per heavy atom. The van der Waals surface area contributed by atoms with Crippen LogP contribution in [0, 0.1) is 0 Å². The van der Waals surface area contributed by atoms with Crippen molar-refractivity contribution < 1.29 is 19.0 Å². The van der Waals surface area contributed by atoms with Gasteiger partial charge in [0.05, 0.1) is 7.11 Å². The van der Waals surface area contributed by atoms with Crippen LogP contribution < -0.4 is 14.2 Å². The molecule has 0 fully saturated rings. The summed E-state index contributed by atoms with van der Waals surface area (Å²) in [4.78, 5) is 12.2. The lowest BCUT2D eigenvalue weighted by molar-refractivity contribution is 0.0992. The highest BCUT2D eigenvalue weighted by Crippen LogP contribution is 2.32. The molecule has 2 aromatic rings. The number of carbonyl (C=O) groups excluding carboxylic acids is 1. The Labute approximate surface area is 116 Å². The fraction of sp³-hybridized carbons (Fsp3) is 0.188. The van der Waals surface area contributed by atoms with Gasteiger partial charge in [-0.15, -0.1) is 0 Å². The second-order valence-corrected chi connectivity index (χ2v) is 4.52. The summed E-state index contributed by atoms with van der Waals surface area (Å²) < 4.78 is 15.6. The molecule has 20 heavy (non-hydrogen) atoms. The van der Waals surface area contributed by atoms with Crippen molar-refractivity contribution in [3.63, 3.8) is 0 Å². The van der Waals surface area contributed by atoms with Crippen molar-refractivity contribution in [1.29, 1.82) is 0 Å². The van der Waals surface area contributed by atoms with Crippen LogP contribution in [0.25, 0.3) is 0 Å². The first kappa shape index (κ1) is 12.5. The number of ether oxygens (including phenoxy) is 3. The number of methoxy groups -OCH3 is 1. The summed E-state index contributed by atoms with van der Waals surface area (Å²) in [5.41, 5.74) is 1.58. The minimum atomic E-state index is 0.0495. The number of rotatable bonds is 4. The fourth-order valence-corrected chi connectivity index (χ4v) is 2.10. The topological polar surface area (TPSA) is 44.8 Å². The second kappa shape index (κ2) is 5.25. The van der Waals surface area contributed by atoms with Crippen molar-refractivity contribution in [3.05, 3.63) is 53.6 Å². The van der Waals surface area contributed by atoms with E-state index in [9.17, 15) is 4.79 Å². The molecular weight excluding hydrogens is 256 g/mol. The molecule has 0 atom stereocenters. The van der Waals surface area contributed by atoms with Crippen molar-refractivity contribution in [2.24, 2.45) is 0 Å². The standard InChI is InChI=1S/C16H14O4/c1-18-13-5-2-11(3-6-13)8-14(17)12-4-7-15-16(9-12)20-10-19-15/h2-7,9H,8,10H2,1H3. The molecule has 1 heterocycles. The zero-order chi connectivity index (χ0) is 13.9. The molecule has 0 bridgehead atoms. The maximum atomic E-state index is 12.2. The Hall–Kier alpha value is -2.49. The molecule has 0 aliphatic carbocycles. The summed E-state index contributed by atoms with van der Waals surface area (Å²) in [5, 5.41) is 0. The third-order valence-electron chi connectivity index (χ3n) is 3.22. The van der Waals surface area contributed by atoms with Gasteiger partial charge in [-0.2, -0.15) is 0 Å². The summed E-state index contributed by atoms with van der Waals surface area (Å²) >= 11 is 0. The summed E-state index contributed by atoms with van der Waals surface area (Å²) in [6.45, 7) is 0.214. The van der Waals surface area contributed by atoms with Crippen LogP contribution in [0.1, 0.15) is 15.9 Å². The van der Waals surface area contributed by atoms with E-state index in [1.54, 1.807) is 25.3 Å². The van der Waals surface area contributed by atoms with Gasteiger partial charge in [0.25, 0.3) is 0 Å². The normalized spacial score (nSPS) is 12.2. The molecule has 4 heteroatoms. The maximum absolute atomic E-state index is 12.2. The molecular formula is C16H14O4. The van der Waals surface area contributed by atoms with Gasteiger partial charge in [0, 0.05) is 12.0 Å². The summed E-state index contributed by atoms with van der Waals surface area (Å²) in [6, 6.07) is 12.7. The SMILES string of the molecule is COc1ccc(CC(=O)c2ccc3c(c2)OCO3)cc1. The second-order valence-electron chi connectivity index (χ2n) is 4.52. The molecule has 1 aliphatic rings. The Balaban J connectivity index is 1.75. The average molecular weight is 270 g/mol. The molecule has 2 aromatic carbocycles. The lowest BCUT2D eigenvalue weighted by Crippen LogP contribution is -2.03. The minimum absolute atomic E-state index is 0.0495. The van der Waals surface area contributed by atoms with Gasteiger partial charge in [-0.05, 0) is 35.9 Å². The summed E-state index contributed by atoms with van der Waals surface area (Å²) in [5.74, 6) is 2.15. The summed E-state index contributed by atoms with van der Waals surface area (Å²) in [6.07, 6.45) is 0.351. The van der Waals surface area contributed by atoms with Gasteiger partial charge < -0.3 is 14.2 Å². The highest BCUT2D eigenvalue weighted by atomic mass is 16.7. The van der Waals surface area contributed by atoms with Crippen LogP contribution in [-0.2, 0) is 6.42 Å². The van der Waals surface area contributed by atoms with E-state index in [1.807, 2.05) is 24.3 Å². The summed E-state index contributed by atoms with van der Waals surface area (Å²) in [7, 11) is 1.62. The number of hydrogen-bond acceptors (Lipinski definition) is 4. The molecule has 0 saturated heterocycles. The number of hydrogen-bond donors (Lipinski definition) is 0. The van der Waals surface area contributed by atoms with E-state index < -0.39 is 0 Å². The predicted molar refractivity (Wildman–Crippen MR) is 73.6 cm³/mol. The molecule has 3 rings (SSSR count). The maximum Gasteiger partial charge on any atom is 0.231 e. The van der Waals surface area contributed by atoms with E-state index in [2.05, 4.69) is 0 Å². The van der Waals surface area contributed by atoms with Gasteiger partial charge in [-0.3, -0.25) is 4.79 Å². The quantitative estimate of drug-likeness (QED) is 0.801. The molecule has 0 radical (unpaired) electrons. The molecule has 4 nitrogen and oxygen atoms in total. The highest BCUT2D eigenvalue weighted by Gasteiger charge is 2.16. The molecule has 0 N–H and O–H groups in total.